The maximum absolute atomic E-state index is 8.99. The molecule has 0 aliphatic rings. The van der Waals surface area contributed by atoms with Gasteiger partial charge in [0.1, 0.15) is 5.75 Å². The van der Waals surface area contributed by atoms with E-state index in [9.17, 15) is 0 Å². The normalized spacial score (nSPS) is 15.9. The average Bonchev–Trinajstić information content (AvgIpc) is 1.92. The SMILES string of the molecule is [2H]C([2H])([2H])c1ccc(O)c(Cl)c1. The fraction of sp³-hybridized carbons (Fsp3) is 0.143. The average molecular weight is 146 g/mol. The third-order valence-corrected chi connectivity index (χ3v) is 1.25. The minimum Gasteiger partial charge on any atom is -0.506 e. The second-order valence-corrected chi connectivity index (χ2v) is 2.07. The Morgan fingerprint density at radius 2 is 2.44 bits per heavy atom. The zero-order valence-corrected chi connectivity index (χ0v) is 5.31. The van der Waals surface area contributed by atoms with E-state index in [-0.39, 0.29) is 16.3 Å². The second kappa shape index (κ2) is 2.28. The summed E-state index contributed by atoms with van der Waals surface area (Å²) in [6.45, 7) is -2.17. The lowest BCUT2D eigenvalue weighted by molar-refractivity contribution is 0.475. The van der Waals surface area contributed by atoms with Crippen LogP contribution in [0.5, 0.6) is 5.75 Å². The van der Waals surface area contributed by atoms with Crippen LogP contribution in [-0.4, -0.2) is 5.11 Å². The zero-order chi connectivity index (χ0) is 9.35. The molecule has 0 fully saturated rings. The van der Waals surface area contributed by atoms with E-state index in [1.165, 1.54) is 18.2 Å². The zero-order valence-electron chi connectivity index (χ0n) is 7.56. The highest BCUT2D eigenvalue weighted by atomic mass is 35.5. The summed E-state index contributed by atoms with van der Waals surface area (Å²) in [5, 5.41) is 9.05. The number of phenols is 1. The van der Waals surface area contributed by atoms with Crippen molar-refractivity contribution in [2.24, 2.45) is 0 Å². The predicted octanol–water partition coefficient (Wildman–Crippen LogP) is 2.35. The molecule has 0 atom stereocenters. The Labute approximate surface area is 63.1 Å². The van der Waals surface area contributed by atoms with Crippen LogP contribution in [0.15, 0.2) is 18.2 Å². The molecule has 0 bridgehead atoms. The Hall–Kier alpha value is -0.690. The number of aromatic hydroxyl groups is 1. The highest BCUT2D eigenvalue weighted by molar-refractivity contribution is 6.32. The lowest BCUT2D eigenvalue weighted by Crippen LogP contribution is -1.70. The van der Waals surface area contributed by atoms with Crippen molar-refractivity contribution in [3.05, 3.63) is 28.8 Å². The number of phenolic OH excluding ortho intramolecular Hbond substituents is 1. The number of aryl methyl sites for hydroxylation is 1. The molecule has 1 rings (SSSR count). The summed E-state index contributed by atoms with van der Waals surface area (Å²) in [4.78, 5) is 0. The molecule has 0 aliphatic carbocycles. The van der Waals surface area contributed by atoms with Crippen molar-refractivity contribution in [2.75, 3.05) is 0 Å². The van der Waals surface area contributed by atoms with E-state index in [4.69, 9.17) is 20.8 Å². The van der Waals surface area contributed by atoms with Gasteiger partial charge in [-0.1, -0.05) is 17.7 Å². The van der Waals surface area contributed by atoms with Crippen molar-refractivity contribution in [2.45, 2.75) is 6.85 Å². The molecule has 1 nitrogen and oxygen atoms in total. The molecular formula is C7H7ClO. The van der Waals surface area contributed by atoms with Crippen LogP contribution in [0.2, 0.25) is 5.02 Å². The smallest absolute Gasteiger partial charge is 0.134 e. The van der Waals surface area contributed by atoms with Crippen LogP contribution in [0, 0.1) is 6.85 Å². The molecule has 1 aromatic carbocycles. The molecule has 0 heterocycles. The number of halogens is 1. The van der Waals surface area contributed by atoms with Crippen LogP contribution < -0.4 is 0 Å². The molecule has 48 valence electrons. The topological polar surface area (TPSA) is 20.2 Å². The molecular weight excluding hydrogens is 136 g/mol. The van der Waals surface area contributed by atoms with Crippen LogP contribution in [0.3, 0.4) is 0 Å². The first-order valence-electron chi connectivity index (χ1n) is 3.90. The first-order chi connectivity index (χ1) is 5.41. The highest BCUT2D eigenvalue weighted by Crippen LogP contribution is 2.22. The summed E-state index contributed by atoms with van der Waals surface area (Å²) in [5.41, 5.74) is 0.130. The Bertz CT molecular complexity index is 295. The van der Waals surface area contributed by atoms with Gasteiger partial charge in [0.15, 0.2) is 0 Å². The van der Waals surface area contributed by atoms with Crippen molar-refractivity contribution in [3.63, 3.8) is 0 Å². The minimum absolute atomic E-state index is 0.0589. The number of benzene rings is 1. The van der Waals surface area contributed by atoms with Crippen molar-refractivity contribution < 1.29 is 9.22 Å². The van der Waals surface area contributed by atoms with Crippen LogP contribution >= 0.6 is 11.6 Å². The number of rotatable bonds is 0. The molecule has 1 N–H and O–H groups in total. The minimum atomic E-state index is -2.17. The van der Waals surface area contributed by atoms with Gasteiger partial charge in [0.25, 0.3) is 0 Å². The quantitative estimate of drug-likeness (QED) is 0.594. The molecule has 9 heavy (non-hydrogen) atoms. The number of hydrogen-bond acceptors (Lipinski definition) is 1. The van der Waals surface area contributed by atoms with Gasteiger partial charge in [-0.05, 0) is 24.5 Å². The summed E-state index contributed by atoms with van der Waals surface area (Å²) >= 11 is 5.52. The maximum atomic E-state index is 8.99. The summed E-state index contributed by atoms with van der Waals surface area (Å²) in [5.74, 6) is -0.107. The van der Waals surface area contributed by atoms with E-state index in [0.29, 0.717) is 0 Å². The molecule has 0 saturated carbocycles. The van der Waals surface area contributed by atoms with Gasteiger partial charge in [-0.2, -0.15) is 0 Å². The van der Waals surface area contributed by atoms with Gasteiger partial charge in [-0.3, -0.25) is 0 Å². The van der Waals surface area contributed by atoms with E-state index >= 15 is 0 Å². The summed E-state index contributed by atoms with van der Waals surface area (Å²) in [6.07, 6.45) is 0. The third kappa shape index (κ3) is 1.36. The van der Waals surface area contributed by atoms with Crippen LogP contribution in [0.4, 0.5) is 0 Å². The third-order valence-electron chi connectivity index (χ3n) is 0.948. The van der Waals surface area contributed by atoms with Gasteiger partial charge in [0.2, 0.25) is 0 Å². The van der Waals surface area contributed by atoms with E-state index < -0.39 is 6.85 Å². The Balaban J connectivity index is 3.14. The van der Waals surface area contributed by atoms with Gasteiger partial charge in [0.05, 0.1) is 5.02 Å². The van der Waals surface area contributed by atoms with E-state index in [0.717, 1.165) is 0 Å². The largest absolute Gasteiger partial charge is 0.506 e. The Morgan fingerprint density at radius 1 is 1.67 bits per heavy atom. The molecule has 0 radical (unpaired) electrons. The summed E-state index contributed by atoms with van der Waals surface area (Å²) in [7, 11) is 0. The van der Waals surface area contributed by atoms with Crippen molar-refractivity contribution in [1.29, 1.82) is 0 Å². The first kappa shape index (κ1) is 3.47. The van der Waals surface area contributed by atoms with Crippen LogP contribution in [0.1, 0.15) is 9.68 Å². The van der Waals surface area contributed by atoms with E-state index in [1.807, 2.05) is 0 Å². The van der Waals surface area contributed by atoms with Crippen molar-refractivity contribution in [1.82, 2.24) is 0 Å². The Kier molecular flexibility index (Phi) is 0.878. The predicted molar refractivity (Wildman–Crippen MR) is 37.9 cm³/mol. The summed E-state index contributed by atoms with van der Waals surface area (Å²) < 4.78 is 21.1. The fourth-order valence-electron chi connectivity index (χ4n) is 0.507. The monoisotopic (exact) mass is 145 g/mol. The molecule has 2 heteroatoms. The molecule has 0 saturated heterocycles. The molecule has 0 aliphatic heterocycles. The lowest BCUT2D eigenvalue weighted by Gasteiger charge is -1.95. The van der Waals surface area contributed by atoms with E-state index in [1.54, 1.807) is 0 Å². The van der Waals surface area contributed by atoms with Crippen LogP contribution in [0.25, 0.3) is 0 Å². The Morgan fingerprint density at radius 3 is 3.00 bits per heavy atom. The van der Waals surface area contributed by atoms with Gasteiger partial charge >= 0.3 is 0 Å². The maximum Gasteiger partial charge on any atom is 0.134 e. The second-order valence-electron chi connectivity index (χ2n) is 1.67. The highest BCUT2D eigenvalue weighted by Gasteiger charge is 1.94. The molecule has 0 unspecified atom stereocenters. The standard InChI is InChI=1S/C7H7ClO/c1-5-2-3-7(9)6(8)4-5/h2-4,9H,1H3/i1D3. The molecule has 0 spiro atoms. The molecule has 0 aromatic heterocycles. The fourth-order valence-corrected chi connectivity index (χ4v) is 0.687. The van der Waals surface area contributed by atoms with Gasteiger partial charge < -0.3 is 5.11 Å². The first-order valence-corrected chi connectivity index (χ1v) is 2.78. The van der Waals surface area contributed by atoms with E-state index in [2.05, 4.69) is 0 Å². The van der Waals surface area contributed by atoms with Gasteiger partial charge in [0, 0.05) is 4.11 Å². The molecule has 0 amide bonds. The lowest BCUT2D eigenvalue weighted by atomic mass is 10.2. The van der Waals surface area contributed by atoms with Crippen molar-refractivity contribution in [3.8, 4) is 5.75 Å². The number of hydrogen-bond donors (Lipinski definition) is 1. The van der Waals surface area contributed by atoms with Crippen molar-refractivity contribution >= 4 is 11.6 Å². The van der Waals surface area contributed by atoms with Crippen LogP contribution in [-0.2, 0) is 0 Å². The van der Waals surface area contributed by atoms with Gasteiger partial charge in [-0.15, -0.1) is 0 Å². The molecule has 1 aromatic rings. The summed E-state index contributed by atoms with van der Waals surface area (Å²) in [6, 6.07) is 3.84. The van der Waals surface area contributed by atoms with Gasteiger partial charge in [-0.25, -0.2) is 0 Å².